The maximum atomic E-state index is 11.7. The van der Waals surface area contributed by atoms with Gasteiger partial charge < -0.3 is 9.47 Å². The highest BCUT2D eigenvalue weighted by Crippen LogP contribution is 2.23. The molecular formula is C21H36O4. The Morgan fingerprint density at radius 1 is 0.840 bits per heavy atom. The molecule has 0 aromatic rings. The molecule has 4 heteroatoms. The summed E-state index contributed by atoms with van der Waals surface area (Å²) in [5.41, 5.74) is 0. The molecule has 1 fully saturated rings. The standard InChI is InChI=1S/C21H36O4/c1-2-3-4-5-6-7-8-12-17-24-20(22)15-16-21(23)25-18-19-13-10-9-11-14-19/h2,19H,1,3-18H2. The van der Waals surface area contributed by atoms with Crippen molar-refractivity contribution < 1.29 is 19.1 Å². The summed E-state index contributed by atoms with van der Waals surface area (Å²) in [6.45, 7) is 4.69. The number of esters is 2. The van der Waals surface area contributed by atoms with Gasteiger partial charge in [0.1, 0.15) is 0 Å². The molecule has 0 aliphatic heterocycles. The molecule has 0 saturated heterocycles. The Morgan fingerprint density at radius 2 is 1.44 bits per heavy atom. The van der Waals surface area contributed by atoms with Crippen molar-refractivity contribution in [2.24, 2.45) is 5.92 Å². The van der Waals surface area contributed by atoms with Crippen molar-refractivity contribution in [3.63, 3.8) is 0 Å². The second-order valence-electron chi connectivity index (χ2n) is 7.11. The van der Waals surface area contributed by atoms with Gasteiger partial charge in [0.05, 0.1) is 26.1 Å². The maximum Gasteiger partial charge on any atom is 0.306 e. The third-order valence-corrected chi connectivity index (χ3v) is 4.80. The van der Waals surface area contributed by atoms with Crippen LogP contribution in [0.25, 0.3) is 0 Å². The van der Waals surface area contributed by atoms with Gasteiger partial charge in [-0.3, -0.25) is 9.59 Å². The lowest BCUT2D eigenvalue weighted by atomic mass is 9.90. The molecule has 25 heavy (non-hydrogen) atoms. The Kier molecular flexibility index (Phi) is 13.0. The molecule has 0 aromatic carbocycles. The Hall–Kier alpha value is -1.32. The molecule has 1 saturated carbocycles. The first-order valence-electron chi connectivity index (χ1n) is 10.1. The van der Waals surface area contributed by atoms with E-state index in [1.165, 1.54) is 44.9 Å². The monoisotopic (exact) mass is 352 g/mol. The number of carbonyl (C=O) groups is 2. The smallest absolute Gasteiger partial charge is 0.306 e. The van der Waals surface area contributed by atoms with Crippen molar-refractivity contribution in [1.29, 1.82) is 0 Å². The lowest BCUT2D eigenvalue weighted by Crippen LogP contribution is -2.17. The highest BCUT2D eigenvalue weighted by atomic mass is 16.5. The molecule has 0 bridgehead atoms. The summed E-state index contributed by atoms with van der Waals surface area (Å²) in [6.07, 6.45) is 16.3. The van der Waals surface area contributed by atoms with Crippen molar-refractivity contribution in [3.8, 4) is 0 Å². The molecule has 0 aromatic heterocycles. The fourth-order valence-electron chi connectivity index (χ4n) is 3.20. The fourth-order valence-corrected chi connectivity index (χ4v) is 3.20. The predicted molar refractivity (Wildman–Crippen MR) is 100 cm³/mol. The van der Waals surface area contributed by atoms with E-state index in [1.54, 1.807) is 0 Å². The summed E-state index contributed by atoms with van der Waals surface area (Å²) in [6, 6.07) is 0. The van der Waals surface area contributed by atoms with Crippen LogP contribution in [0.15, 0.2) is 12.7 Å². The van der Waals surface area contributed by atoms with Crippen LogP contribution < -0.4 is 0 Å². The first-order chi connectivity index (χ1) is 12.2. The van der Waals surface area contributed by atoms with Crippen molar-refractivity contribution in [2.45, 2.75) is 89.9 Å². The van der Waals surface area contributed by atoms with E-state index in [1.807, 2.05) is 6.08 Å². The lowest BCUT2D eigenvalue weighted by Gasteiger charge is -2.20. The van der Waals surface area contributed by atoms with Crippen LogP contribution in [0, 0.1) is 5.92 Å². The van der Waals surface area contributed by atoms with Crippen LogP contribution in [0.3, 0.4) is 0 Å². The molecule has 0 heterocycles. The average Bonchev–Trinajstić information content (AvgIpc) is 2.64. The van der Waals surface area contributed by atoms with Crippen molar-refractivity contribution in [3.05, 3.63) is 12.7 Å². The van der Waals surface area contributed by atoms with E-state index in [2.05, 4.69) is 6.58 Å². The van der Waals surface area contributed by atoms with E-state index in [9.17, 15) is 9.59 Å². The van der Waals surface area contributed by atoms with Gasteiger partial charge in [0.2, 0.25) is 0 Å². The van der Waals surface area contributed by atoms with Crippen LogP contribution in [0.5, 0.6) is 0 Å². The second-order valence-corrected chi connectivity index (χ2v) is 7.11. The Bertz CT molecular complexity index is 372. The minimum atomic E-state index is -0.291. The summed E-state index contributed by atoms with van der Waals surface area (Å²) >= 11 is 0. The largest absolute Gasteiger partial charge is 0.466 e. The van der Waals surface area contributed by atoms with Gasteiger partial charge in [-0.05, 0) is 38.0 Å². The number of hydrogen-bond acceptors (Lipinski definition) is 4. The first-order valence-corrected chi connectivity index (χ1v) is 10.1. The van der Waals surface area contributed by atoms with E-state index in [0.717, 1.165) is 32.1 Å². The van der Waals surface area contributed by atoms with Crippen LogP contribution in [0.4, 0.5) is 0 Å². The molecule has 4 nitrogen and oxygen atoms in total. The lowest BCUT2D eigenvalue weighted by molar-refractivity contribution is -0.151. The molecule has 0 radical (unpaired) electrons. The van der Waals surface area contributed by atoms with Crippen molar-refractivity contribution >= 4 is 11.9 Å². The Labute approximate surface area is 153 Å². The number of ether oxygens (including phenoxy) is 2. The molecule has 0 spiro atoms. The third-order valence-electron chi connectivity index (χ3n) is 4.80. The van der Waals surface area contributed by atoms with Gasteiger partial charge >= 0.3 is 11.9 Å². The minimum absolute atomic E-state index is 0.130. The average molecular weight is 353 g/mol. The summed E-state index contributed by atoms with van der Waals surface area (Å²) in [7, 11) is 0. The van der Waals surface area contributed by atoms with E-state index in [4.69, 9.17) is 9.47 Å². The topological polar surface area (TPSA) is 52.6 Å². The predicted octanol–water partition coefficient (Wildman–Crippen LogP) is 5.35. The summed E-state index contributed by atoms with van der Waals surface area (Å²) in [5.74, 6) is -0.0518. The van der Waals surface area contributed by atoms with E-state index >= 15 is 0 Å². The van der Waals surface area contributed by atoms with Crippen LogP contribution in [-0.4, -0.2) is 25.2 Å². The fraction of sp³-hybridized carbons (Fsp3) is 0.810. The molecule has 0 unspecified atom stereocenters. The molecule has 1 aliphatic rings. The summed E-state index contributed by atoms with van der Waals surface area (Å²) in [4.78, 5) is 23.3. The van der Waals surface area contributed by atoms with Gasteiger partial charge in [0.25, 0.3) is 0 Å². The highest BCUT2D eigenvalue weighted by molar-refractivity contribution is 5.77. The van der Waals surface area contributed by atoms with E-state index in [0.29, 0.717) is 19.1 Å². The normalized spacial score (nSPS) is 14.9. The second kappa shape index (κ2) is 15.0. The Morgan fingerprint density at radius 3 is 2.12 bits per heavy atom. The van der Waals surface area contributed by atoms with Gasteiger partial charge in [-0.25, -0.2) is 0 Å². The van der Waals surface area contributed by atoms with Crippen LogP contribution >= 0.6 is 0 Å². The van der Waals surface area contributed by atoms with E-state index < -0.39 is 0 Å². The SMILES string of the molecule is C=CCCCCCCCCOC(=O)CCC(=O)OCC1CCCCC1. The minimum Gasteiger partial charge on any atom is -0.466 e. The zero-order chi connectivity index (χ0) is 18.2. The molecule has 1 aliphatic carbocycles. The van der Waals surface area contributed by atoms with Gasteiger partial charge in [-0.15, -0.1) is 6.58 Å². The summed E-state index contributed by atoms with van der Waals surface area (Å²) < 4.78 is 10.4. The van der Waals surface area contributed by atoms with E-state index in [-0.39, 0.29) is 24.8 Å². The van der Waals surface area contributed by atoms with Crippen molar-refractivity contribution in [2.75, 3.05) is 13.2 Å². The zero-order valence-electron chi connectivity index (χ0n) is 15.8. The third kappa shape index (κ3) is 12.7. The van der Waals surface area contributed by atoms with Gasteiger partial charge in [-0.2, -0.15) is 0 Å². The van der Waals surface area contributed by atoms with Crippen LogP contribution in [-0.2, 0) is 19.1 Å². The zero-order valence-corrected chi connectivity index (χ0v) is 15.8. The molecular weight excluding hydrogens is 316 g/mol. The van der Waals surface area contributed by atoms with Crippen molar-refractivity contribution in [1.82, 2.24) is 0 Å². The Balaban J connectivity index is 1.89. The maximum absolute atomic E-state index is 11.7. The number of rotatable bonds is 14. The molecule has 144 valence electrons. The number of unbranched alkanes of at least 4 members (excludes halogenated alkanes) is 6. The number of hydrogen-bond donors (Lipinski definition) is 0. The van der Waals surface area contributed by atoms with Crippen LogP contribution in [0.1, 0.15) is 89.9 Å². The van der Waals surface area contributed by atoms with Crippen LogP contribution in [0.2, 0.25) is 0 Å². The number of allylic oxidation sites excluding steroid dienone is 1. The van der Waals surface area contributed by atoms with Gasteiger partial charge in [0, 0.05) is 0 Å². The first kappa shape index (κ1) is 21.7. The number of carbonyl (C=O) groups excluding carboxylic acids is 2. The molecule has 1 rings (SSSR count). The molecule has 0 amide bonds. The van der Waals surface area contributed by atoms with Gasteiger partial charge in [0.15, 0.2) is 0 Å². The quantitative estimate of drug-likeness (QED) is 0.240. The summed E-state index contributed by atoms with van der Waals surface area (Å²) in [5, 5.41) is 0. The van der Waals surface area contributed by atoms with Gasteiger partial charge in [-0.1, -0.05) is 51.0 Å². The molecule has 0 atom stereocenters. The highest BCUT2D eigenvalue weighted by Gasteiger charge is 2.16. The molecule has 0 N–H and O–H groups in total.